The summed E-state index contributed by atoms with van der Waals surface area (Å²) in [4.78, 5) is 10.3. The maximum absolute atomic E-state index is 10.3. The Hall–Kier alpha value is -1.83. The number of carboxylic acids is 1. The average Bonchev–Trinajstić information content (AvgIpc) is 2.60. The van der Waals surface area contributed by atoms with Crippen molar-refractivity contribution in [2.24, 2.45) is 0 Å². The van der Waals surface area contributed by atoms with Crippen molar-refractivity contribution in [3.63, 3.8) is 0 Å². The van der Waals surface area contributed by atoms with Crippen LogP contribution < -0.4 is 0 Å². The van der Waals surface area contributed by atoms with E-state index in [-0.39, 0.29) is 6.42 Å². The van der Waals surface area contributed by atoms with Gasteiger partial charge in [0.2, 0.25) is 0 Å². The molecule has 0 saturated carbocycles. The molecule has 0 aromatic heterocycles. The normalized spacial score (nSPS) is 12.7. The van der Waals surface area contributed by atoms with Crippen LogP contribution in [0.15, 0.2) is 60.8 Å². The van der Waals surface area contributed by atoms with Crippen molar-refractivity contribution in [3.8, 4) is 0 Å². The van der Waals surface area contributed by atoms with Crippen LogP contribution in [0.2, 0.25) is 0 Å². The predicted octanol–water partition coefficient (Wildman–Crippen LogP) is 7.16. The number of unbranched alkanes of at least 4 members (excludes halogenated alkanes) is 5. The quantitative estimate of drug-likeness (QED) is 0.238. The minimum absolute atomic E-state index is 0.105. The van der Waals surface area contributed by atoms with Gasteiger partial charge in [-0.05, 0) is 38.5 Å². The molecule has 0 aliphatic carbocycles. The van der Waals surface area contributed by atoms with Gasteiger partial charge in [0.1, 0.15) is 0 Å². The number of hydrogen-bond donors (Lipinski definition) is 1. The first-order valence-electron chi connectivity index (χ1n) is 9.74. The summed E-state index contributed by atoms with van der Waals surface area (Å²) in [5.41, 5.74) is 0. The van der Waals surface area contributed by atoms with Gasteiger partial charge >= 0.3 is 5.97 Å². The fourth-order valence-electron chi connectivity index (χ4n) is 2.25. The molecule has 1 N–H and O–H groups in total. The van der Waals surface area contributed by atoms with Crippen molar-refractivity contribution in [3.05, 3.63) is 60.8 Å². The van der Waals surface area contributed by atoms with E-state index in [9.17, 15) is 4.79 Å². The van der Waals surface area contributed by atoms with E-state index in [4.69, 9.17) is 5.11 Å². The second-order valence-corrected chi connectivity index (χ2v) is 6.10. The summed E-state index contributed by atoms with van der Waals surface area (Å²) >= 11 is 0. The third-order valence-corrected chi connectivity index (χ3v) is 3.69. The average molecular weight is 345 g/mol. The van der Waals surface area contributed by atoms with Crippen LogP contribution in [0.3, 0.4) is 0 Å². The molecule has 0 heterocycles. The second kappa shape index (κ2) is 20.2. The molecular formula is C23H36O2. The van der Waals surface area contributed by atoms with E-state index in [1.807, 2.05) is 6.08 Å². The van der Waals surface area contributed by atoms with Gasteiger partial charge in [0.15, 0.2) is 0 Å². The fraction of sp³-hybridized carbons (Fsp3) is 0.522. The summed E-state index contributed by atoms with van der Waals surface area (Å²) in [6, 6.07) is 0. The molecule has 0 aliphatic rings. The zero-order chi connectivity index (χ0) is 18.4. The van der Waals surface area contributed by atoms with Crippen LogP contribution in [0.1, 0.15) is 77.6 Å². The lowest BCUT2D eigenvalue weighted by Gasteiger charge is -1.95. The SMILES string of the molecule is CCCCCCCC=CCC=CCC=CCC=CCC=CCC(=O)O. The Bertz CT molecular complexity index is 439. The Kier molecular flexibility index (Phi) is 18.7. The molecule has 0 spiro atoms. The number of rotatable bonds is 16. The van der Waals surface area contributed by atoms with E-state index in [1.54, 1.807) is 6.08 Å². The minimum Gasteiger partial charge on any atom is -0.481 e. The van der Waals surface area contributed by atoms with Crippen molar-refractivity contribution in [2.45, 2.75) is 77.6 Å². The summed E-state index contributed by atoms with van der Waals surface area (Å²) in [7, 11) is 0. The van der Waals surface area contributed by atoms with E-state index < -0.39 is 5.97 Å². The molecule has 2 heteroatoms. The first kappa shape index (κ1) is 23.2. The molecule has 0 amide bonds. The largest absolute Gasteiger partial charge is 0.481 e. The molecule has 0 bridgehead atoms. The predicted molar refractivity (Wildman–Crippen MR) is 110 cm³/mol. The molecule has 0 unspecified atom stereocenters. The molecular weight excluding hydrogens is 308 g/mol. The molecule has 0 aromatic carbocycles. The van der Waals surface area contributed by atoms with Gasteiger partial charge < -0.3 is 5.11 Å². The Morgan fingerprint density at radius 3 is 1.56 bits per heavy atom. The van der Waals surface area contributed by atoms with Crippen LogP contribution in [0.4, 0.5) is 0 Å². The second-order valence-electron chi connectivity index (χ2n) is 6.10. The zero-order valence-electron chi connectivity index (χ0n) is 15.9. The van der Waals surface area contributed by atoms with Crippen molar-refractivity contribution in [1.29, 1.82) is 0 Å². The van der Waals surface area contributed by atoms with Crippen LogP contribution in [0.5, 0.6) is 0 Å². The monoisotopic (exact) mass is 344 g/mol. The molecule has 140 valence electrons. The Morgan fingerprint density at radius 2 is 1.08 bits per heavy atom. The topological polar surface area (TPSA) is 37.3 Å². The van der Waals surface area contributed by atoms with Crippen LogP contribution in [0.25, 0.3) is 0 Å². The number of allylic oxidation sites excluding steroid dienone is 9. The highest BCUT2D eigenvalue weighted by Gasteiger charge is 1.87. The Labute approximate surface area is 154 Å². The third kappa shape index (κ3) is 22.2. The van der Waals surface area contributed by atoms with Gasteiger partial charge in [-0.25, -0.2) is 0 Å². The van der Waals surface area contributed by atoms with Crippen LogP contribution in [-0.2, 0) is 4.79 Å². The van der Waals surface area contributed by atoms with Crippen LogP contribution in [-0.4, -0.2) is 11.1 Å². The third-order valence-electron chi connectivity index (χ3n) is 3.69. The standard InChI is InChI=1S/C23H36O2/c1-2-3-4-5-6-7-8-9-10-11-12-13-14-15-16-17-18-19-20-21-22-23(24)25/h8-9,11-12,14-15,17-18,20-21H,2-7,10,13,16,19,22H2,1H3,(H,24,25). The van der Waals surface area contributed by atoms with Gasteiger partial charge in [0, 0.05) is 0 Å². The fourth-order valence-corrected chi connectivity index (χ4v) is 2.25. The highest BCUT2D eigenvalue weighted by molar-refractivity contribution is 5.68. The zero-order valence-corrected chi connectivity index (χ0v) is 15.9. The summed E-state index contributed by atoms with van der Waals surface area (Å²) in [6.45, 7) is 2.25. The summed E-state index contributed by atoms with van der Waals surface area (Å²) in [6.07, 6.45) is 32.9. The summed E-state index contributed by atoms with van der Waals surface area (Å²) < 4.78 is 0. The number of aliphatic carboxylic acids is 1. The lowest BCUT2D eigenvalue weighted by Crippen LogP contribution is -1.89. The molecule has 0 fully saturated rings. The van der Waals surface area contributed by atoms with Crippen LogP contribution in [0, 0.1) is 0 Å². The van der Waals surface area contributed by atoms with E-state index >= 15 is 0 Å². The van der Waals surface area contributed by atoms with Gasteiger partial charge in [-0.3, -0.25) is 4.79 Å². The lowest BCUT2D eigenvalue weighted by molar-refractivity contribution is -0.136. The number of hydrogen-bond acceptors (Lipinski definition) is 1. The summed E-state index contributed by atoms with van der Waals surface area (Å²) in [5.74, 6) is -0.783. The summed E-state index contributed by atoms with van der Waals surface area (Å²) in [5, 5.41) is 8.48. The van der Waals surface area contributed by atoms with Crippen molar-refractivity contribution >= 4 is 5.97 Å². The molecule has 0 aliphatic heterocycles. The Morgan fingerprint density at radius 1 is 0.640 bits per heavy atom. The smallest absolute Gasteiger partial charge is 0.307 e. The van der Waals surface area contributed by atoms with E-state index in [2.05, 4.69) is 55.5 Å². The van der Waals surface area contributed by atoms with E-state index in [1.165, 1.54) is 38.5 Å². The molecule has 0 atom stereocenters. The van der Waals surface area contributed by atoms with Gasteiger partial charge in [-0.15, -0.1) is 0 Å². The van der Waals surface area contributed by atoms with Gasteiger partial charge in [0.25, 0.3) is 0 Å². The molecule has 0 rings (SSSR count). The van der Waals surface area contributed by atoms with Crippen molar-refractivity contribution in [1.82, 2.24) is 0 Å². The minimum atomic E-state index is -0.783. The maximum atomic E-state index is 10.3. The molecule has 0 aromatic rings. The van der Waals surface area contributed by atoms with Crippen molar-refractivity contribution in [2.75, 3.05) is 0 Å². The number of carboxylic acid groups (broad SMARTS) is 1. The highest BCUT2D eigenvalue weighted by Crippen LogP contribution is 2.05. The van der Waals surface area contributed by atoms with E-state index in [0.717, 1.165) is 25.7 Å². The van der Waals surface area contributed by atoms with Crippen LogP contribution >= 0.6 is 0 Å². The molecule has 25 heavy (non-hydrogen) atoms. The van der Waals surface area contributed by atoms with Gasteiger partial charge in [-0.1, -0.05) is 93.4 Å². The molecule has 0 saturated heterocycles. The lowest BCUT2D eigenvalue weighted by atomic mass is 10.1. The van der Waals surface area contributed by atoms with Crippen molar-refractivity contribution < 1.29 is 9.90 Å². The van der Waals surface area contributed by atoms with E-state index in [0.29, 0.717) is 0 Å². The van der Waals surface area contributed by atoms with Gasteiger partial charge in [0.05, 0.1) is 6.42 Å². The Balaban J connectivity index is 3.45. The molecule has 2 nitrogen and oxygen atoms in total. The first-order chi connectivity index (χ1) is 12.3. The highest BCUT2D eigenvalue weighted by atomic mass is 16.4. The molecule has 0 radical (unpaired) electrons. The first-order valence-corrected chi connectivity index (χ1v) is 9.74. The maximum Gasteiger partial charge on any atom is 0.307 e. The number of carbonyl (C=O) groups is 1. The van der Waals surface area contributed by atoms with Gasteiger partial charge in [-0.2, -0.15) is 0 Å².